The number of rotatable bonds is 3. The van der Waals surface area contributed by atoms with Gasteiger partial charge in [-0.15, -0.1) is 0 Å². The van der Waals surface area contributed by atoms with Crippen LogP contribution in [0.25, 0.3) is 0 Å². The molecule has 27 heavy (non-hydrogen) atoms. The van der Waals surface area contributed by atoms with Crippen LogP contribution in [0.3, 0.4) is 0 Å². The number of nitrogens with zero attached hydrogens (tertiary/aromatic N) is 3. The van der Waals surface area contributed by atoms with E-state index in [4.69, 9.17) is 4.74 Å². The van der Waals surface area contributed by atoms with Crippen molar-refractivity contribution in [3.63, 3.8) is 0 Å². The van der Waals surface area contributed by atoms with Crippen LogP contribution in [0.5, 0.6) is 0 Å². The molecule has 0 saturated heterocycles. The smallest absolute Gasteiger partial charge is 0.410 e. The van der Waals surface area contributed by atoms with Gasteiger partial charge in [0.2, 0.25) is 0 Å². The van der Waals surface area contributed by atoms with Gasteiger partial charge in [-0.3, -0.25) is 9.40 Å². The maximum Gasteiger partial charge on any atom is 0.410 e. The van der Waals surface area contributed by atoms with E-state index >= 15 is 0 Å². The molecule has 0 atom stereocenters. The van der Waals surface area contributed by atoms with Gasteiger partial charge in [0.1, 0.15) is 11.4 Å². The average Bonchev–Trinajstić information content (AvgIpc) is 2.89. The number of carbonyl (C=O) groups is 1. The fourth-order valence-electron chi connectivity index (χ4n) is 2.90. The van der Waals surface area contributed by atoms with Gasteiger partial charge in [-0.1, -0.05) is 18.2 Å². The van der Waals surface area contributed by atoms with E-state index in [-0.39, 0.29) is 11.4 Å². The van der Waals surface area contributed by atoms with Gasteiger partial charge in [0, 0.05) is 25.6 Å². The summed E-state index contributed by atoms with van der Waals surface area (Å²) in [5, 5.41) is 4.41. The first kappa shape index (κ1) is 19.2. The highest BCUT2D eigenvalue weighted by Crippen LogP contribution is 2.28. The number of aryl methyl sites for hydroxylation is 1. The monoisotopic (exact) mass is 392 g/mol. The Morgan fingerprint density at radius 1 is 1.22 bits per heavy atom. The second-order valence-corrected chi connectivity index (χ2v) is 9.15. The molecular formula is C18H24N4O4S. The minimum Gasteiger partial charge on any atom is -0.444 e. The standard InChI is InChI=1S/C18H24N4O4S/c1-18(2,3)26-17(23)22-11-10-15-14(12-22)16(21(4)19-15)20-27(24,25)13-8-6-5-7-9-13/h5-9,20H,10-12H2,1-4H3. The first-order valence-electron chi connectivity index (χ1n) is 8.67. The molecule has 1 aliphatic rings. The second-order valence-electron chi connectivity index (χ2n) is 7.47. The van der Waals surface area contributed by atoms with E-state index in [0.29, 0.717) is 24.3 Å². The van der Waals surface area contributed by atoms with Gasteiger partial charge >= 0.3 is 6.09 Å². The molecule has 1 N–H and O–H groups in total. The van der Waals surface area contributed by atoms with Crippen molar-refractivity contribution in [1.82, 2.24) is 14.7 Å². The number of nitrogens with one attached hydrogen (secondary N) is 1. The van der Waals surface area contributed by atoms with Crippen LogP contribution in [-0.2, 0) is 34.8 Å². The quantitative estimate of drug-likeness (QED) is 0.866. The van der Waals surface area contributed by atoms with E-state index in [9.17, 15) is 13.2 Å². The minimum absolute atomic E-state index is 0.166. The molecule has 2 heterocycles. The van der Waals surface area contributed by atoms with Gasteiger partial charge in [-0.25, -0.2) is 13.2 Å². The average molecular weight is 392 g/mol. The Kier molecular flexibility index (Phi) is 4.90. The molecule has 1 amide bonds. The third kappa shape index (κ3) is 4.24. The summed E-state index contributed by atoms with van der Waals surface area (Å²) in [4.78, 5) is 14.1. The van der Waals surface area contributed by atoms with Gasteiger partial charge in [-0.05, 0) is 32.9 Å². The maximum atomic E-state index is 12.7. The predicted molar refractivity (Wildman–Crippen MR) is 101 cm³/mol. The molecule has 8 nitrogen and oxygen atoms in total. The Balaban J connectivity index is 1.86. The highest BCUT2D eigenvalue weighted by Gasteiger charge is 2.31. The van der Waals surface area contributed by atoms with E-state index in [2.05, 4.69) is 9.82 Å². The topological polar surface area (TPSA) is 93.5 Å². The Labute approximate surface area is 159 Å². The van der Waals surface area contributed by atoms with Crippen LogP contribution in [0.2, 0.25) is 0 Å². The summed E-state index contributed by atoms with van der Waals surface area (Å²) in [5.74, 6) is 0.363. The van der Waals surface area contributed by atoms with E-state index in [1.54, 1.807) is 30.1 Å². The van der Waals surface area contributed by atoms with Crippen molar-refractivity contribution in [2.75, 3.05) is 11.3 Å². The summed E-state index contributed by atoms with van der Waals surface area (Å²) in [6, 6.07) is 8.13. The summed E-state index contributed by atoms with van der Waals surface area (Å²) in [5.41, 5.74) is 0.876. The Hall–Kier alpha value is -2.55. The van der Waals surface area contributed by atoms with Gasteiger partial charge in [0.15, 0.2) is 0 Å². The molecule has 3 rings (SSSR count). The first-order chi connectivity index (χ1) is 12.6. The summed E-state index contributed by atoms with van der Waals surface area (Å²) in [6.45, 7) is 6.14. The van der Waals surface area contributed by atoms with Crippen molar-refractivity contribution in [3.05, 3.63) is 41.6 Å². The zero-order chi connectivity index (χ0) is 19.8. The van der Waals surface area contributed by atoms with Crippen LogP contribution in [0.15, 0.2) is 35.2 Å². The Morgan fingerprint density at radius 3 is 2.52 bits per heavy atom. The van der Waals surface area contributed by atoms with E-state index in [1.165, 1.54) is 16.8 Å². The number of ether oxygens (including phenoxy) is 1. The summed E-state index contributed by atoms with van der Waals surface area (Å²) in [6.07, 6.45) is 0.115. The molecule has 0 spiro atoms. The molecule has 1 aromatic carbocycles. The Morgan fingerprint density at radius 2 is 1.89 bits per heavy atom. The van der Waals surface area contributed by atoms with E-state index in [1.807, 2.05) is 20.8 Å². The molecule has 1 aliphatic heterocycles. The number of anilines is 1. The van der Waals surface area contributed by atoms with E-state index in [0.717, 1.165) is 5.69 Å². The predicted octanol–water partition coefficient (Wildman–Crippen LogP) is 2.51. The molecule has 2 aromatic rings. The second kappa shape index (κ2) is 6.88. The van der Waals surface area contributed by atoms with Crippen molar-refractivity contribution in [2.24, 2.45) is 7.05 Å². The minimum atomic E-state index is -3.75. The maximum absolute atomic E-state index is 12.7. The molecule has 9 heteroatoms. The number of hydrogen-bond acceptors (Lipinski definition) is 5. The van der Waals surface area contributed by atoms with Gasteiger partial charge < -0.3 is 9.64 Å². The van der Waals surface area contributed by atoms with Crippen molar-refractivity contribution in [1.29, 1.82) is 0 Å². The normalized spacial score (nSPS) is 14.6. The molecule has 0 saturated carbocycles. The Bertz CT molecular complexity index is 946. The van der Waals surface area contributed by atoms with Crippen LogP contribution in [0.1, 0.15) is 32.0 Å². The molecule has 146 valence electrons. The lowest BCUT2D eigenvalue weighted by Crippen LogP contribution is -2.40. The zero-order valence-corrected chi connectivity index (χ0v) is 16.7. The van der Waals surface area contributed by atoms with Crippen molar-refractivity contribution in [2.45, 2.75) is 44.2 Å². The molecule has 0 aliphatic carbocycles. The van der Waals surface area contributed by atoms with Crippen molar-refractivity contribution < 1.29 is 17.9 Å². The molecule has 0 unspecified atom stereocenters. The van der Waals surface area contributed by atoms with Gasteiger partial charge in [0.25, 0.3) is 10.0 Å². The SMILES string of the molecule is Cn1nc2c(c1NS(=O)(=O)c1ccccc1)CN(C(=O)OC(C)(C)C)CC2. The fourth-order valence-corrected chi connectivity index (χ4v) is 4.04. The van der Waals surface area contributed by atoms with Crippen LogP contribution >= 0.6 is 0 Å². The number of benzene rings is 1. The number of sulfonamides is 1. The fraction of sp³-hybridized carbons (Fsp3) is 0.444. The van der Waals surface area contributed by atoms with E-state index < -0.39 is 21.7 Å². The molecule has 0 fully saturated rings. The molecule has 0 radical (unpaired) electrons. The highest BCUT2D eigenvalue weighted by molar-refractivity contribution is 7.92. The van der Waals surface area contributed by atoms with Gasteiger partial charge in [0.05, 0.1) is 17.1 Å². The van der Waals surface area contributed by atoms with Crippen molar-refractivity contribution >= 4 is 21.9 Å². The lowest BCUT2D eigenvalue weighted by molar-refractivity contribution is 0.0224. The van der Waals surface area contributed by atoms with Crippen LogP contribution in [0, 0.1) is 0 Å². The summed E-state index contributed by atoms with van der Waals surface area (Å²) >= 11 is 0. The zero-order valence-electron chi connectivity index (χ0n) is 15.9. The van der Waals surface area contributed by atoms with Crippen LogP contribution in [0.4, 0.5) is 10.6 Å². The number of aromatic nitrogens is 2. The van der Waals surface area contributed by atoms with Crippen LogP contribution in [-0.4, -0.2) is 41.3 Å². The molecule has 0 bridgehead atoms. The largest absolute Gasteiger partial charge is 0.444 e. The number of hydrogen-bond donors (Lipinski definition) is 1. The van der Waals surface area contributed by atoms with Crippen LogP contribution < -0.4 is 4.72 Å². The summed E-state index contributed by atoms with van der Waals surface area (Å²) in [7, 11) is -2.07. The third-order valence-electron chi connectivity index (χ3n) is 4.13. The molecular weight excluding hydrogens is 368 g/mol. The third-order valence-corrected chi connectivity index (χ3v) is 5.49. The lowest BCUT2D eigenvalue weighted by Gasteiger charge is -2.29. The number of amides is 1. The highest BCUT2D eigenvalue weighted by atomic mass is 32.2. The van der Waals surface area contributed by atoms with Gasteiger partial charge in [-0.2, -0.15) is 5.10 Å². The number of fused-ring (bicyclic) bond motifs is 1. The van der Waals surface area contributed by atoms with Crippen molar-refractivity contribution in [3.8, 4) is 0 Å². The number of carbonyl (C=O) groups excluding carboxylic acids is 1. The molecule has 1 aromatic heterocycles. The summed E-state index contributed by atoms with van der Waals surface area (Å²) < 4.78 is 34.9. The lowest BCUT2D eigenvalue weighted by atomic mass is 10.1. The first-order valence-corrected chi connectivity index (χ1v) is 10.2.